The smallest absolute Gasteiger partial charge is 0.230 e. The van der Waals surface area contributed by atoms with Gasteiger partial charge in [0.25, 0.3) is 0 Å². The van der Waals surface area contributed by atoms with Crippen LogP contribution in [0.15, 0.2) is 4.34 Å². The summed E-state index contributed by atoms with van der Waals surface area (Å²) in [7, 11) is 0. The van der Waals surface area contributed by atoms with Crippen LogP contribution in [0.1, 0.15) is 50.5 Å². The van der Waals surface area contributed by atoms with E-state index in [1.165, 1.54) is 55.2 Å². The first-order valence-electron chi connectivity index (χ1n) is 6.92. The third kappa shape index (κ3) is 8.21. The Kier molecular flexibility index (Phi) is 8.82. The fourth-order valence-corrected chi connectivity index (χ4v) is 3.29. The quantitative estimate of drug-likeness (QED) is 0.531. The molecule has 1 aromatic heterocycles. The van der Waals surface area contributed by atoms with E-state index in [-0.39, 0.29) is 5.91 Å². The van der Waals surface area contributed by atoms with Gasteiger partial charge in [0.2, 0.25) is 5.91 Å². The van der Waals surface area contributed by atoms with Crippen LogP contribution in [0.3, 0.4) is 0 Å². The Hall–Kier alpha value is -0.620. The molecule has 1 rings (SSSR count). The van der Waals surface area contributed by atoms with Gasteiger partial charge in [-0.05, 0) is 13.3 Å². The molecule has 0 fully saturated rings. The van der Waals surface area contributed by atoms with Crippen LogP contribution in [0, 0.1) is 6.92 Å². The van der Waals surface area contributed by atoms with Crippen LogP contribution in [0.2, 0.25) is 0 Å². The van der Waals surface area contributed by atoms with Gasteiger partial charge in [-0.3, -0.25) is 4.79 Å². The minimum absolute atomic E-state index is 0.0893. The van der Waals surface area contributed by atoms with E-state index in [0.717, 1.165) is 22.3 Å². The molecule has 6 heteroatoms. The summed E-state index contributed by atoms with van der Waals surface area (Å²) in [5, 5.41) is 11.8. The summed E-state index contributed by atoms with van der Waals surface area (Å²) in [6, 6.07) is 0. The van der Waals surface area contributed by atoms with Crippen LogP contribution in [0.5, 0.6) is 0 Å². The molecule has 0 aliphatic carbocycles. The van der Waals surface area contributed by atoms with Crippen LogP contribution >= 0.6 is 23.1 Å². The van der Waals surface area contributed by atoms with Crippen molar-refractivity contribution in [1.82, 2.24) is 15.5 Å². The van der Waals surface area contributed by atoms with Crippen LogP contribution < -0.4 is 5.32 Å². The second kappa shape index (κ2) is 10.2. The van der Waals surface area contributed by atoms with Crippen molar-refractivity contribution in [2.75, 3.05) is 12.3 Å². The van der Waals surface area contributed by atoms with Gasteiger partial charge in [0.05, 0.1) is 5.75 Å². The fraction of sp³-hybridized carbons (Fsp3) is 0.769. The van der Waals surface area contributed by atoms with Crippen LogP contribution in [-0.2, 0) is 4.79 Å². The van der Waals surface area contributed by atoms with E-state index < -0.39 is 0 Å². The Bertz CT molecular complexity index is 369. The number of rotatable bonds is 10. The lowest BCUT2D eigenvalue weighted by Gasteiger charge is -2.04. The highest BCUT2D eigenvalue weighted by atomic mass is 32.2. The highest BCUT2D eigenvalue weighted by Gasteiger charge is 2.05. The minimum Gasteiger partial charge on any atom is -0.355 e. The molecular formula is C13H23N3OS2. The van der Waals surface area contributed by atoms with Crippen molar-refractivity contribution in [3.05, 3.63) is 5.01 Å². The lowest BCUT2D eigenvalue weighted by Crippen LogP contribution is -2.26. The molecule has 0 bridgehead atoms. The van der Waals surface area contributed by atoms with Gasteiger partial charge in [-0.25, -0.2) is 0 Å². The molecule has 108 valence electrons. The highest BCUT2D eigenvalue weighted by molar-refractivity contribution is 8.01. The zero-order chi connectivity index (χ0) is 13.9. The van der Waals surface area contributed by atoms with Crippen LogP contribution in [-0.4, -0.2) is 28.4 Å². The molecule has 1 N–H and O–H groups in total. The maximum atomic E-state index is 11.6. The number of carbonyl (C=O) groups is 1. The molecule has 0 spiro atoms. The monoisotopic (exact) mass is 301 g/mol. The number of carbonyl (C=O) groups excluding carboxylic acids is 1. The molecule has 4 nitrogen and oxygen atoms in total. The van der Waals surface area contributed by atoms with Gasteiger partial charge < -0.3 is 5.32 Å². The first kappa shape index (κ1) is 16.4. The summed E-state index contributed by atoms with van der Waals surface area (Å²) in [4.78, 5) is 11.6. The minimum atomic E-state index is 0.0893. The molecule has 1 aromatic rings. The molecule has 0 unspecified atom stereocenters. The number of aryl methyl sites for hydroxylation is 1. The van der Waals surface area contributed by atoms with E-state index in [9.17, 15) is 4.79 Å². The van der Waals surface area contributed by atoms with E-state index in [4.69, 9.17) is 0 Å². The number of hydrogen-bond donors (Lipinski definition) is 1. The lowest BCUT2D eigenvalue weighted by molar-refractivity contribution is -0.118. The summed E-state index contributed by atoms with van der Waals surface area (Å²) in [5.41, 5.74) is 0. The molecule has 0 aliphatic heterocycles. The van der Waals surface area contributed by atoms with Gasteiger partial charge in [-0.2, -0.15) is 0 Å². The topological polar surface area (TPSA) is 54.9 Å². The summed E-state index contributed by atoms with van der Waals surface area (Å²) in [6.07, 6.45) is 7.49. The van der Waals surface area contributed by atoms with Gasteiger partial charge in [0, 0.05) is 6.54 Å². The molecule has 0 radical (unpaired) electrons. The molecular weight excluding hydrogens is 278 g/mol. The zero-order valence-electron chi connectivity index (χ0n) is 11.8. The van der Waals surface area contributed by atoms with Crippen molar-refractivity contribution in [2.24, 2.45) is 0 Å². The van der Waals surface area contributed by atoms with Gasteiger partial charge >= 0.3 is 0 Å². The van der Waals surface area contributed by atoms with Crippen LogP contribution in [0.4, 0.5) is 0 Å². The van der Waals surface area contributed by atoms with Crippen molar-refractivity contribution >= 4 is 29.0 Å². The van der Waals surface area contributed by atoms with E-state index in [2.05, 4.69) is 22.4 Å². The lowest BCUT2D eigenvalue weighted by atomic mass is 10.1. The van der Waals surface area contributed by atoms with E-state index in [0.29, 0.717) is 5.75 Å². The Labute approximate surface area is 123 Å². The second-order valence-corrected chi connectivity index (χ2v) is 6.90. The molecule has 0 saturated carbocycles. The predicted molar refractivity (Wildman–Crippen MR) is 81.8 cm³/mol. The van der Waals surface area contributed by atoms with Crippen molar-refractivity contribution < 1.29 is 4.79 Å². The molecule has 1 amide bonds. The maximum absolute atomic E-state index is 11.6. The molecule has 1 heterocycles. The first-order valence-corrected chi connectivity index (χ1v) is 8.72. The van der Waals surface area contributed by atoms with Gasteiger partial charge in [-0.1, -0.05) is 62.1 Å². The van der Waals surface area contributed by atoms with Crippen molar-refractivity contribution in [3.63, 3.8) is 0 Å². The fourth-order valence-electron chi connectivity index (χ4n) is 1.65. The van der Waals surface area contributed by atoms with E-state index >= 15 is 0 Å². The Morgan fingerprint density at radius 2 is 1.95 bits per heavy atom. The standard InChI is InChI=1S/C13H23N3OS2/c1-3-4-5-6-7-8-9-14-12(17)10-18-13-16-15-11(2)19-13/h3-10H2,1-2H3,(H,14,17). The summed E-state index contributed by atoms with van der Waals surface area (Å²) >= 11 is 2.99. The number of unbranched alkanes of at least 4 members (excludes halogenated alkanes) is 5. The van der Waals surface area contributed by atoms with Gasteiger partial charge in [-0.15, -0.1) is 10.2 Å². The largest absolute Gasteiger partial charge is 0.355 e. The number of hydrogen-bond acceptors (Lipinski definition) is 5. The van der Waals surface area contributed by atoms with E-state index in [1.807, 2.05) is 6.92 Å². The summed E-state index contributed by atoms with van der Waals surface area (Å²) in [6.45, 7) is 4.93. The number of aromatic nitrogens is 2. The van der Waals surface area contributed by atoms with Gasteiger partial charge in [0.15, 0.2) is 4.34 Å². The van der Waals surface area contributed by atoms with Crippen LogP contribution in [0.25, 0.3) is 0 Å². The second-order valence-electron chi connectivity index (χ2n) is 4.49. The number of amides is 1. The number of nitrogens with one attached hydrogen (secondary N) is 1. The molecule has 0 aliphatic rings. The van der Waals surface area contributed by atoms with E-state index in [1.54, 1.807) is 0 Å². The van der Waals surface area contributed by atoms with Gasteiger partial charge in [0.1, 0.15) is 5.01 Å². The molecule has 0 aromatic carbocycles. The summed E-state index contributed by atoms with van der Waals surface area (Å²) < 4.78 is 0.868. The Morgan fingerprint density at radius 1 is 1.21 bits per heavy atom. The Morgan fingerprint density at radius 3 is 2.63 bits per heavy atom. The number of thioether (sulfide) groups is 1. The third-order valence-electron chi connectivity index (χ3n) is 2.69. The molecule has 0 atom stereocenters. The third-order valence-corrected chi connectivity index (χ3v) is 4.66. The molecule has 19 heavy (non-hydrogen) atoms. The zero-order valence-corrected chi connectivity index (χ0v) is 13.4. The Balaban J connectivity index is 1.96. The average Bonchev–Trinajstić information content (AvgIpc) is 2.81. The van der Waals surface area contributed by atoms with Crippen molar-refractivity contribution in [2.45, 2.75) is 56.7 Å². The van der Waals surface area contributed by atoms with Crippen molar-refractivity contribution in [3.8, 4) is 0 Å². The normalized spacial score (nSPS) is 10.6. The molecule has 0 saturated heterocycles. The maximum Gasteiger partial charge on any atom is 0.230 e. The first-order chi connectivity index (χ1) is 9.22. The van der Waals surface area contributed by atoms with Crippen molar-refractivity contribution in [1.29, 1.82) is 0 Å². The highest BCUT2D eigenvalue weighted by Crippen LogP contribution is 2.21. The summed E-state index contributed by atoms with van der Waals surface area (Å²) in [5.74, 6) is 0.524. The predicted octanol–water partition coefficient (Wildman–Crippen LogP) is 3.42. The average molecular weight is 301 g/mol. The SMILES string of the molecule is CCCCCCCCNC(=O)CSc1nnc(C)s1. The number of nitrogens with zero attached hydrogens (tertiary/aromatic N) is 2.